The molecule has 0 aromatic rings. The summed E-state index contributed by atoms with van der Waals surface area (Å²) >= 11 is 6.64. The number of carbonyl (C=O) groups excluding carboxylic acids is 3. The lowest BCUT2D eigenvalue weighted by atomic mass is 9.86. The number of aliphatic hydroxyl groups is 2. The molecule has 0 aromatic heterocycles. The third-order valence-electron chi connectivity index (χ3n) is 4.56. The van der Waals surface area contributed by atoms with Crippen LogP contribution in [0.1, 0.15) is 48.5 Å². The van der Waals surface area contributed by atoms with Crippen molar-refractivity contribution in [2.24, 2.45) is 10.8 Å². The van der Waals surface area contributed by atoms with Gasteiger partial charge in [0.15, 0.2) is 0 Å². The Morgan fingerprint density at radius 1 is 0.812 bits per heavy atom. The highest BCUT2D eigenvalue weighted by Gasteiger charge is 2.37. The summed E-state index contributed by atoms with van der Waals surface area (Å²) in [5, 5.41) is 27.3. The molecule has 1 atom stereocenters. The van der Waals surface area contributed by atoms with Crippen LogP contribution in [-0.4, -0.2) is 82.1 Å². The summed E-state index contributed by atoms with van der Waals surface area (Å²) in [4.78, 5) is 37.5. The summed E-state index contributed by atoms with van der Waals surface area (Å²) in [6, 6.07) is 0. The second-order valence-corrected chi connectivity index (χ2v) is 14.1. The van der Waals surface area contributed by atoms with E-state index < -0.39 is 32.2 Å². The molecular weight excluding hydrogens is 550 g/mol. The Kier molecular flexibility index (Phi) is 12.3. The molecule has 0 saturated heterocycles. The van der Waals surface area contributed by atoms with Crippen molar-refractivity contribution in [2.75, 3.05) is 39.5 Å². The van der Waals surface area contributed by atoms with E-state index in [4.69, 9.17) is 9.84 Å². The van der Waals surface area contributed by atoms with Crippen LogP contribution in [-0.2, 0) is 19.1 Å². The highest BCUT2D eigenvalue weighted by Crippen LogP contribution is 2.22. The maximum Gasteiger partial charge on any atom is 0.236 e. The van der Waals surface area contributed by atoms with E-state index in [1.54, 1.807) is 48.5 Å². The number of aliphatic hydroxyl groups excluding tert-OH is 2. The van der Waals surface area contributed by atoms with Crippen LogP contribution in [0.2, 0.25) is 0 Å². The fourth-order valence-electron chi connectivity index (χ4n) is 2.29. The molecule has 0 aliphatic carbocycles. The molecule has 0 fully saturated rings. The zero-order chi connectivity index (χ0) is 25.4. The second kappa shape index (κ2) is 12.6. The predicted octanol–water partition coefficient (Wildman–Crippen LogP) is 1.08. The van der Waals surface area contributed by atoms with Crippen molar-refractivity contribution in [1.29, 1.82) is 0 Å². The van der Waals surface area contributed by atoms with Gasteiger partial charge in [-0.1, -0.05) is 52.6 Å². The van der Waals surface area contributed by atoms with E-state index in [0.29, 0.717) is 0 Å². The van der Waals surface area contributed by atoms with Gasteiger partial charge in [0.25, 0.3) is 0 Å². The van der Waals surface area contributed by atoms with Gasteiger partial charge in [0, 0.05) is 30.5 Å². The molecule has 0 aromatic carbocycles. The number of rotatable bonds is 13. The topological polar surface area (TPSA) is 137 Å². The Labute approximate surface area is 208 Å². The summed E-state index contributed by atoms with van der Waals surface area (Å²) in [6.45, 7) is 11.8. The first kappa shape index (κ1) is 31.2. The molecule has 188 valence electrons. The first-order valence-electron chi connectivity index (χ1n) is 10.4. The zero-order valence-electron chi connectivity index (χ0n) is 20.1. The number of hydrogen-bond donors (Lipinski definition) is 5. The molecule has 5 N–H and O–H groups in total. The first-order valence-corrected chi connectivity index (χ1v) is 12.0. The molecule has 0 saturated carbocycles. The molecule has 0 aliphatic heterocycles. The Morgan fingerprint density at radius 3 is 1.50 bits per heavy atom. The van der Waals surface area contributed by atoms with E-state index >= 15 is 0 Å². The van der Waals surface area contributed by atoms with E-state index in [2.05, 4.69) is 47.8 Å². The lowest BCUT2D eigenvalue weighted by Crippen LogP contribution is -2.57. The van der Waals surface area contributed by atoms with Gasteiger partial charge in [0.05, 0.1) is 28.5 Å². The van der Waals surface area contributed by atoms with E-state index in [1.165, 1.54) is 0 Å². The second-order valence-electron chi connectivity index (χ2n) is 10.1. The Hall–Kier alpha value is -0.750. The van der Waals surface area contributed by atoms with Crippen molar-refractivity contribution in [2.45, 2.75) is 63.2 Å². The molecule has 0 aliphatic rings. The van der Waals surface area contributed by atoms with Gasteiger partial charge in [-0.05, 0) is 27.7 Å². The van der Waals surface area contributed by atoms with Crippen LogP contribution >= 0.6 is 31.9 Å². The van der Waals surface area contributed by atoms with Gasteiger partial charge in [0.1, 0.15) is 6.10 Å². The number of hydrogen-bond acceptors (Lipinski definition) is 6. The lowest BCUT2D eigenvalue weighted by molar-refractivity contribution is -0.129. The minimum absolute atomic E-state index is 0.000468. The van der Waals surface area contributed by atoms with Crippen molar-refractivity contribution >= 4 is 49.6 Å². The Balaban J connectivity index is 5.76. The highest BCUT2D eigenvalue weighted by molar-refractivity contribution is 9.10. The quantitative estimate of drug-likeness (QED) is 0.204. The van der Waals surface area contributed by atoms with E-state index in [0.717, 1.165) is 0 Å². The third-order valence-corrected chi connectivity index (χ3v) is 5.28. The normalized spacial score (nSPS) is 14.0. The minimum Gasteiger partial charge on any atom is -0.394 e. The SMILES string of the molecule is CC(C)(C)C(=O)NCC(CNC(=O)C(C)(C)Br)(CNC(=O)C(C)(C)Br)COCC(O)CO. The number of halogens is 2. The summed E-state index contributed by atoms with van der Waals surface area (Å²) in [5.74, 6) is -0.741. The maximum absolute atomic E-state index is 12.5. The van der Waals surface area contributed by atoms with Crippen LogP contribution < -0.4 is 16.0 Å². The molecule has 0 rings (SSSR count). The molecule has 0 radical (unpaired) electrons. The van der Waals surface area contributed by atoms with E-state index in [-0.39, 0.29) is 50.6 Å². The Morgan fingerprint density at radius 2 is 1.19 bits per heavy atom. The van der Waals surface area contributed by atoms with Crippen molar-refractivity contribution in [3.8, 4) is 0 Å². The van der Waals surface area contributed by atoms with E-state index in [1.807, 2.05) is 0 Å². The standard InChI is InChI=1S/C21H39Br2N3O6/c1-18(2,3)15(29)24-10-21(13-32-9-14(28)8-27,11-25-16(30)19(4,5)22)12-26-17(31)20(6,7)23/h14,27-28H,8-13H2,1-7H3,(H,24,29)(H,25,30)(H,26,31). The monoisotopic (exact) mass is 587 g/mol. The number of nitrogens with one attached hydrogen (secondary N) is 3. The molecule has 0 heterocycles. The van der Waals surface area contributed by atoms with Gasteiger partial charge in [-0.25, -0.2) is 0 Å². The summed E-state index contributed by atoms with van der Waals surface area (Å²) in [6.07, 6.45) is -1.07. The predicted molar refractivity (Wildman–Crippen MR) is 131 cm³/mol. The van der Waals surface area contributed by atoms with Crippen molar-refractivity contribution in [1.82, 2.24) is 16.0 Å². The summed E-state index contributed by atoms with van der Waals surface area (Å²) in [5.41, 5.74) is -1.56. The number of carbonyl (C=O) groups is 3. The van der Waals surface area contributed by atoms with Crippen LogP contribution in [0.15, 0.2) is 0 Å². The number of amides is 3. The van der Waals surface area contributed by atoms with Gasteiger partial charge in [-0.2, -0.15) is 0 Å². The highest BCUT2D eigenvalue weighted by atomic mass is 79.9. The summed E-state index contributed by atoms with van der Waals surface area (Å²) in [7, 11) is 0. The van der Waals surface area contributed by atoms with Crippen LogP contribution in [0.3, 0.4) is 0 Å². The van der Waals surface area contributed by atoms with Crippen LogP contribution in [0.4, 0.5) is 0 Å². The van der Waals surface area contributed by atoms with E-state index in [9.17, 15) is 19.5 Å². The molecule has 32 heavy (non-hydrogen) atoms. The lowest BCUT2D eigenvalue weighted by Gasteiger charge is -2.36. The smallest absolute Gasteiger partial charge is 0.236 e. The van der Waals surface area contributed by atoms with Gasteiger partial charge < -0.3 is 30.9 Å². The number of ether oxygens (including phenoxy) is 1. The van der Waals surface area contributed by atoms with Gasteiger partial charge in [-0.15, -0.1) is 0 Å². The van der Waals surface area contributed by atoms with Crippen molar-refractivity contribution in [3.63, 3.8) is 0 Å². The molecule has 3 amide bonds. The largest absolute Gasteiger partial charge is 0.394 e. The summed E-state index contributed by atoms with van der Waals surface area (Å²) < 4.78 is 3.98. The fraction of sp³-hybridized carbons (Fsp3) is 0.857. The average molecular weight is 589 g/mol. The molecule has 0 spiro atoms. The number of alkyl halides is 2. The minimum atomic E-state index is -1.07. The van der Waals surface area contributed by atoms with Crippen LogP contribution in [0.5, 0.6) is 0 Å². The molecule has 11 heteroatoms. The maximum atomic E-state index is 12.5. The fourth-order valence-corrected chi connectivity index (χ4v) is 2.57. The first-order chi connectivity index (χ1) is 14.3. The molecule has 9 nitrogen and oxygen atoms in total. The zero-order valence-corrected chi connectivity index (χ0v) is 23.3. The van der Waals surface area contributed by atoms with Gasteiger partial charge >= 0.3 is 0 Å². The van der Waals surface area contributed by atoms with Crippen LogP contribution in [0.25, 0.3) is 0 Å². The van der Waals surface area contributed by atoms with Gasteiger partial charge in [0.2, 0.25) is 17.7 Å². The molecule has 1 unspecified atom stereocenters. The van der Waals surface area contributed by atoms with Crippen LogP contribution in [0, 0.1) is 10.8 Å². The van der Waals surface area contributed by atoms with Crippen molar-refractivity contribution in [3.05, 3.63) is 0 Å². The average Bonchev–Trinajstić information content (AvgIpc) is 2.65. The Bertz CT molecular complexity index is 565. The van der Waals surface area contributed by atoms with Crippen molar-refractivity contribution < 1.29 is 29.3 Å². The molecular formula is C21H39Br2N3O6. The molecule has 0 bridgehead atoms. The third kappa shape index (κ3) is 11.9. The van der Waals surface area contributed by atoms with Gasteiger partial charge in [-0.3, -0.25) is 14.4 Å².